The Morgan fingerprint density at radius 3 is 2.40 bits per heavy atom. The van der Waals surface area contributed by atoms with Crippen LogP contribution in [0.2, 0.25) is 0 Å². The molecule has 0 aliphatic heterocycles. The summed E-state index contributed by atoms with van der Waals surface area (Å²) in [5.41, 5.74) is 1.91. The monoisotopic (exact) mass is 289 g/mol. The highest BCUT2D eigenvalue weighted by Crippen LogP contribution is 2.31. The van der Waals surface area contributed by atoms with Crippen molar-refractivity contribution < 1.29 is 10.2 Å². The number of para-hydroxylation sites is 1. The van der Waals surface area contributed by atoms with Crippen LogP contribution in [0.5, 0.6) is 11.5 Å². The number of phenolic OH excluding ortho intramolecular Hbond substituents is 2. The molecule has 1 unspecified atom stereocenters. The predicted molar refractivity (Wildman–Crippen MR) is 84.6 cm³/mol. The number of anilines is 1. The maximum absolute atomic E-state index is 9.56. The number of hydrogen-bond donors (Lipinski definition) is 3. The van der Waals surface area contributed by atoms with Gasteiger partial charge in [0.1, 0.15) is 11.5 Å². The average molecular weight is 289 g/mol. The van der Waals surface area contributed by atoms with E-state index in [0.717, 1.165) is 17.0 Å². The van der Waals surface area contributed by atoms with Crippen molar-refractivity contribution >= 4 is 17.4 Å². The van der Waals surface area contributed by atoms with Crippen LogP contribution in [0.1, 0.15) is 25.5 Å². The van der Waals surface area contributed by atoms with Crippen molar-refractivity contribution in [1.29, 1.82) is 0 Å². The first-order chi connectivity index (χ1) is 9.60. The second-order valence-corrected chi connectivity index (χ2v) is 5.88. The van der Waals surface area contributed by atoms with E-state index in [9.17, 15) is 10.2 Å². The topological polar surface area (TPSA) is 52.5 Å². The summed E-state index contributed by atoms with van der Waals surface area (Å²) in [7, 11) is 0. The van der Waals surface area contributed by atoms with Gasteiger partial charge in [-0.3, -0.25) is 0 Å². The Labute approximate surface area is 123 Å². The van der Waals surface area contributed by atoms with Crippen molar-refractivity contribution in [3.63, 3.8) is 0 Å². The molecule has 1 atom stereocenters. The Kier molecular flexibility index (Phi) is 4.79. The zero-order valence-electron chi connectivity index (χ0n) is 11.6. The molecule has 3 N–H and O–H groups in total. The van der Waals surface area contributed by atoms with Crippen LogP contribution in [0, 0.1) is 0 Å². The Morgan fingerprint density at radius 1 is 1.10 bits per heavy atom. The molecule has 20 heavy (non-hydrogen) atoms. The van der Waals surface area contributed by atoms with E-state index in [0.29, 0.717) is 0 Å². The first kappa shape index (κ1) is 14.6. The number of rotatable bonds is 5. The second kappa shape index (κ2) is 6.57. The smallest absolute Gasteiger partial charge is 0.119 e. The van der Waals surface area contributed by atoms with Crippen LogP contribution in [0.3, 0.4) is 0 Å². The third-order valence-corrected chi connectivity index (χ3v) is 3.94. The molecule has 0 saturated heterocycles. The summed E-state index contributed by atoms with van der Waals surface area (Å²) >= 11 is 1.78. The van der Waals surface area contributed by atoms with E-state index in [1.807, 2.05) is 25.1 Å². The highest BCUT2D eigenvalue weighted by Gasteiger charge is 2.10. The van der Waals surface area contributed by atoms with E-state index in [2.05, 4.69) is 18.3 Å². The molecule has 2 aromatic rings. The fraction of sp³-hybridized carbons (Fsp3) is 0.250. The molecule has 0 saturated carbocycles. The molecule has 0 aliphatic rings. The van der Waals surface area contributed by atoms with E-state index in [4.69, 9.17) is 0 Å². The molecule has 3 nitrogen and oxygen atoms in total. The highest BCUT2D eigenvalue weighted by molar-refractivity contribution is 7.99. The molecule has 0 aromatic heterocycles. The van der Waals surface area contributed by atoms with Crippen LogP contribution >= 0.6 is 11.8 Å². The van der Waals surface area contributed by atoms with Gasteiger partial charge in [0.2, 0.25) is 0 Å². The number of hydrogen-bond acceptors (Lipinski definition) is 4. The van der Waals surface area contributed by atoms with Gasteiger partial charge in [-0.25, -0.2) is 0 Å². The van der Waals surface area contributed by atoms with Gasteiger partial charge in [-0.1, -0.05) is 19.1 Å². The van der Waals surface area contributed by atoms with Crippen LogP contribution in [0.4, 0.5) is 5.69 Å². The molecule has 0 spiro atoms. The standard InChI is InChI=1S/C16H19NO2S/c1-3-20-16-7-5-4-6-15(16)17-11(2)12-8-13(18)10-14(19)9-12/h4-11,17-19H,3H2,1-2H3. The Morgan fingerprint density at radius 2 is 1.75 bits per heavy atom. The Balaban J connectivity index is 2.21. The predicted octanol–water partition coefficient (Wildman–Crippen LogP) is 4.38. The van der Waals surface area contributed by atoms with Gasteiger partial charge in [-0.05, 0) is 42.5 Å². The third-order valence-electron chi connectivity index (χ3n) is 2.98. The van der Waals surface area contributed by atoms with Crippen molar-refractivity contribution in [2.75, 3.05) is 11.1 Å². The summed E-state index contributed by atoms with van der Waals surface area (Å²) in [4.78, 5) is 1.20. The van der Waals surface area contributed by atoms with Crippen LogP contribution in [0.25, 0.3) is 0 Å². The van der Waals surface area contributed by atoms with E-state index in [1.165, 1.54) is 11.0 Å². The summed E-state index contributed by atoms with van der Waals surface area (Å²) in [6.45, 7) is 4.12. The molecule has 0 bridgehead atoms. The van der Waals surface area contributed by atoms with Gasteiger partial charge in [0, 0.05) is 22.7 Å². The van der Waals surface area contributed by atoms with E-state index >= 15 is 0 Å². The lowest BCUT2D eigenvalue weighted by atomic mass is 10.1. The number of aromatic hydroxyl groups is 2. The minimum Gasteiger partial charge on any atom is -0.508 e. The zero-order chi connectivity index (χ0) is 14.5. The molecule has 4 heteroatoms. The Hall–Kier alpha value is -1.81. The molecule has 0 amide bonds. The largest absolute Gasteiger partial charge is 0.508 e. The average Bonchev–Trinajstić information content (AvgIpc) is 2.40. The first-order valence-corrected chi connectivity index (χ1v) is 7.60. The SMILES string of the molecule is CCSc1ccccc1NC(C)c1cc(O)cc(O)c1. The molecular weight excluding hydrogens is 270 g/mol. The van der Waals surface area contributed by atoms with Crippen molar-refractivity contribution in [3.05, 3.63) is 48.0 Å². The van der Waals surface area contributed by atoms with E-state index < -0.39 is 0 Å². The molecule has 2 aromatic carbocycles. The fourth-order valence-corrected chi connectivity index (χ4v) is 2.82. The third kappa shape index (κ3) is 3.61. The molecular formula is C16H19NO2S. The van der Waals surface area contributed by atoms with Crippen LogP contribution < -0.4 is 5.32 Å². The number of nitrogens with one attached hydrogen (secondary N) is 1. The minimum absolute atomic E-state index is 0.00777. The molecule has 0 heterocycles. The molecule has 0 aliphatic carbocycles. The summed E-state index contributed by atoms with van der Waals surface area (Å²) in [6.07, 6.45) is 0. The van der Waals surface area contributed by atoms with Crippen LogP contribution in [0.15, 0.2) is 47.4 Å². The van der Waals surface area contributed by atoms with Gasteiger partial charge in [-0.15, -0.1) is 11.8 Å². The molecule has 0 radical (unpaired) electrons. The minimum atomic E-state index is -0.00777. The highest BCUT2D eigenvalue weighted by atomic mass is 32.2. The molecule has 0 fully saturated rings. The van der Waals surface area contributed by atoms with Gasteiger partial charge in [0.15, 0.2) is 0 Å². The molecule has 2 rings (SSSR count). The van der Waals surface area contributed by atoms with Gasteiger partial charge in [0.25, 0.3) is 0 Å². The summed E-state index contributed by atoms with van der Waals surface area (Å²) in [6, 6.07) is 12.8. The second-order valence-electron chi connectivity index (χ2n) is 4.58. The normalized spacial score (nSPS) is 12.1. The maximum Gasteiger partial charge on any atom is 0.119 e. The van der Waals surface area contributed by atoms with Crippen molar-refractivity contribution in [2.45, 2.75) is 24.8 Å². The number of thioether (sulfide) groups is 1. The lowest BCUT2D eigenvalue weighted by Crippen LogP contribution is -2.07. The summed E-state index contributed by atoms with van der Waals surface area (Å²) in [5.74, 6) is 1.16. The number of phenols is 2. The zero-order valence-corrected chi connectivity index (χ0v) is 12.4. The van der Waals surface area contributed by atoms with E-state index in [-0.39, 0.29) is 17.5 Å². The molecule has 106 valence electrons. The van der Waals surface area contributed by atoms with E-state index in [1.54, 1.807) is 23.9 Å². The first-order valence-electron chi connectivity index (χ1n) is 6.61. The van der Waals surface area contributed by atoms with Crippen LogP contribution in [-0.4, -0.2) is 16.0 Å². The van der Waals surface area contributed by atoms with Crippen molar-refractivity contribution in [2.24, 2.45) is 0 Å². The maximum atomic E-state index is 9.56. The van der Waals surface area contributed by atoms with Gasteiger partial charge in [-0.2, -0.15) is 0 Å². The van der Waals surface area contributed by atoms with Crippen molar-refractivity contribution in [1.82, 2.24) is 0 Å². The van der Waals surface area contributed by atoms with Gasteiger partial charge < -0.3 is 15.5 Å². The number of benzene rings is 2. The fourth-order valence-electron chi connectivity index (χ4n) is 2.05. The van der Waals surface area contributed by atoms with Crippen LogP contribution in [-0.2, 0) is 0 Å². The quantitative estimate of drug-likeness (QED) is 0.715. The van der Waals surface area contributed by atoms with Crippen molar-refractivity contribution in [3.8, 4) is 11.5 Å². The summed E-state index contributed by atoms with van der Waals surface area (Å²) in [5, 5.41) is 22.5. The Bertz CT molecular complexity index is 566. The van der Waals surface area contributed by atoms with Gasteiger partial charge >= 0.3 is 0 Å². The lowest BCUT2D eigenvalue weighted by Gasteiger charge is -2.18. The summed E-state index contributed by atoms with van der Waals surface area (Å²) < 4.78 is 0. The van der Waals surface area contributed by atoms with Gasteiger partial charge in [0.05, 0.1) is 0 Å². The lowest BCUT2D eigenvalue weighted by molar-refractivity contribution is 0.448.